The number of hydrogen-bond acceptors (Lipinski definition) is 4. The van der Waals surface area contributed by atoms with Gasteiger partial charge in [-0.3, -0.25) is 4.79 Å². The van der Waals surface area contributed by atoms with Crippen LogP contribution in [0.15, 0.2) is 57.2 Å². The lowest BCUT2D eigenvalue weighted by molar-refractivity contribution is 0.444. The second-order valence-electron chi connectivity index (χ2n) is 5.27. The van der Waals surface area contributed by atoms with Crippen LogP contribution in [0, 0.1) is 0 Å². The van der Waals surface area contributed by atoms with E-state index in [1.54, 1.807) is 25.6 Å². The molecule has 0 saturated carbocycles. The molecular formula is C17H22N2O3S2. The molecule has 0 amide bonds. The minimum absolute atomic E-state index is 0.145. The molecule has 0 atom stereocenters. The molecule has 0 saturated heterocycles. The van der Waals surface area contributed by atoms with Gasteiger partial charge in [-0.1, -0.05) is 26.0 Å². The first kappa shape index (κ1) is 18.8. The predicted molar refractivity (Wildman–Crippen MR) is 98.1 cm³/mol. The Morgan fingerprint density at radius 2 is 1.67 bits per heavy atom. The van der Waals surface area contributed by atoms with Crippen LogP contribution in [0.25, 0.3) is 0 Å². The van der Waals surface area contributed by atoms with Crippen molar-refractivity contribution in [3.8, 4) is 0 Å². The van der Waals surface area contributed by atoms with E-state index in [1.807, 2.05) is 30.5 Å². The topological polar surface area (TPSA) is 59.4 Å². The minimum atomic E-state index is -3.57. The van der Waals surface area contributed by atoms with E-state index < -0.39 is 10.0 Å². The van der Waals surface area contributed by atoms with Gasteiger partial charge in [0.15, 0.2) is 0 Å². The van der Waals surface area contributed by atoms with Crippen molar-refractivity contribution in [1.82, 2.24) is 8.87 Å². The summed E-state index contributed by atoms with van der Waals surface area (Å²) < 4.78 is 28.0. The largest absolute Gasteiger partial charge is 0.310 e. The molecule has 0 fully saturated rings. The lowest BCUT2D eigenvalue weighted by Crippen LogP contribution is -2.32. The van der Waals surface area contributed by atoms with E-state index in [-0.39, 0.29) is 10.5 Å². The number of aromatic nitrogens is 1. The van der Waals surface area contributed by atoms with Crippen LogP contribution in [0.5, 0.6) is 0 Å². The van der Waals surface area contributed by atoms with Crippen LogP contribution in [-0.2, 0) is 16.6 Å². The van der Waals surface area contributed by atoms with Crippen LogP contribution in [0.3, 0.4) is 0 Å². The number of hydrogen-bond donors (Lipinski definition) is 0. The summed E-state index contributed by atoms with van der Waals surface area (Å²) >= 11 is 1.65. The smallest absolute Gasteiger partial charge is 0.250 e. The van der Waals surface area contributed by atoms with E-state index >= 15 is 0 Å². The van der Waals surface area contributed by atoms with Crippen LogP contribution >= 0.6 is 11.8 Å². The van der Waals surface area contributed by atoms with E-state index in [9.17, 15) is 13.2 Å². The highest BCUT2D eigenvalue weighted by atomic mass is 32.2. The summed E-state index contributed by atoms with van der Waals surface area (Å²) in [5.74, 6) is 0. The second kappa shape index (κ2) is 8.00. The fourth-order valence-electron chi connectivity index (χ4n) is 2.43. The van der Waals surface area contributed by atoms with E-state index in [1.165, 1.54) is 27.2 Å². The summed E-state index contributed by atoms with van der Waals surface area (Å²) in [5, 5.41) is 0. The molecule has 0 aliphatic heterocycles. The van der Waals surface area contributed by atoms with E-state index in [4.69, 9.17) is 0 Å². The highest BCUT2D eigenvalue weighted by Gasteiger charge is 2.22. The molecule has 0 bridgehead atoms. The quantitative estimate of drug-likeness (QED) is 0.707. The van der Waals surface area contributed by atoms with Crippen molar-refractivity contribution in [3.05, 3.63) is 58.5 Å². The number of sulfonamides is 1. The Morgan fingerprint density at radius 1 is 1.04 bits per heavy atom. The molecule has 2 aromatic rings. The van der Waals surface area contributed by atoms with Crippen LogP contribution < -0.4 is 5.56 Å². The molecule has 0 N–H and O–H groups in total. The van der Waals surface area contributed by atoms with Gasteiger partial charge in [0, 0.05) is 30.2 Å². The molecule has 0 radical (unpaired) electrons. The molecule has 0 aliphatic carbocycles. The Hall–Kier alpha value is -1.57. The Morgan fingerprint density at radius 3 is 2.21 bits per heavy atom. The molecule has 2 rings (SSSR count). The molecule has 130 valence electrons. The molecule has 24 heavy (non-hydrogen) atoms. The maximum absolute atomic E-state index is 12.6. The highest BCUT2D eigenvalue weighted by molar-refractivity contribution is 7.98. The fourth-order valence-corrected chi connectivity index (χ4v) is 4.31. The van der Waals surface area contributed by atoms with Crippen molar-refractivity contribution in [2.75, 3.05) is 19.3 Å². The summed E-state index contributed by atoms with van der Waals surface area (Å²) in [6.45, 7) is 4.73. The number of rotatable bonds is 7. The maximum atomic E-state index is 12.6. The molecule has 5 nitrogen and oxygen atoms in total. The lowest BCUT2D eigenvalue weighted by Gasteiger charge is -2.19. The second-order valence-corrected chi connectivity index (χ2v) is 8.09. The van der Waals surface area contributed by atoms with Crippen molar-refractivity contribution in [2.24, 2.45) is 0 Å². The molecule has 1 aromatic carbocycles. The predicted octanol–water partition coefficient (Wildman–Crippen LogP) is 2.65. The summed E-state index contributed by atoms with van der Waals surface area (Å²) in [7, 11) is -3.57. The third kappa shape index (κ3) is 4.09. The number of nitrogens with zero attached hydrogens (tertiary/aromatic N) is 2. The van der Waals surface area contributed by atoms with Gasteiger partial charge < -0.3 is 4.57 Å². The molecule has 1 heterocycles. The summed E-state index contributed by atoms with van der Waals surface area (Å²) in [5.41, 5.74) is 0.731. The van der Waals surface area contributed by atoms with E-state index in [2.05, 4.69) is 0 Å². The van der Waals surface area contributed by atoms with Gasteiger partial charge in [0.1, 0.15) is 0 Å². The Labute approximate surface area is 147 Å². The summed E-state index contributed by atoms with van der Waals surface area (Å²) in [6.07, 6.45) is 3.43. The van der Waals surface area contributed by atoms with E-state index in [0.717, 1.165) is 10.5 Å². The lowest BCUT2D eigenvalue weighted by atomic mass is 10.2. The van der Waals surface area contributed by atoms with Crippen molar-refractivity contribution in [3.63, 3.8) is 0 Å². The van der Waals surface area contributed by atoms with Gasteiger partial charge in [-0.2, -0.15) is 4.31 Å². The van der Waals surface area contributed by atoms with Crippen LogP contribution in [-0.4, -0.2) is 36.6 Å². The molecule has 0 aliphatic rings. The highest BCUT2D eigenvalue weighted by Crippen LogP contribution is 2.17. The van der Waals surface area contributed by atoms with Gasteiger partial charge in [-0.25, -0.2) is 8.42 Å². The number of benzene rings is 1. The zero-order valence-corrected chi connectivity index (χ0v) is 15.7. The third-order valence-electron chi connectivity index (χ3n) is 3.81. The standard InChI is InChI=1S/C17H22N2O3S2/c1-4-19(5-2)24(21,22)16-10-11-17(20)18(13-16)12-14-6-8-15(23-3)9-7-14/h6-11,13H,4-5,12H2,1-3H3. The fraction of sp³-hybridized carbons (Fsp3) is 0.353. The minimum Gasteiger partial charge on any atom is -0.310 e. The van der Waals surface area contributed by atoms with E-state index in [0.29, 0.717) is 19.6 Å². The van der Waals surface area contributed by atoms with Crippen LogP contribution in [0.1, 0.15) is 19.4 Å². The monoisotopic (exact) mass is 366 g/mol. The Bertz CT molecular complexity index is 839. The zero-order chi connectivity index (χ0) is 17.7. The van der Waals surface area contributed by atoms with Crippen molar-refractivity contribution in [2.45, 2.75) is 30.2 Å². The molecule has 0 unspecified atom stereocenters. The molecule has 1 aromatic heterocycles. The third-order valence-corrected chi connectivity index (χ3v) is 6.59. The van der Waals surface area contributed by atoms with Crippen LogP contribution in [0.2, 0.25) is 0 Å². The van der Waals surface area contributed by atoms with Gasteiger partial charge in [0.05, 0.1) is 11.4 Å². The Balaban J connectivity index is 2.36. The Kier molecular flexibility index (Phi) is 6.26. The van der Waals surface area contributed by atoms with Crippen molar-refractivity contribution < 1.29 is 8.42 Å². The average molecular weight is 367 g/mol. The number of thioether (sulfide) groups is 1. The average Bonchev–Trinajstić information content (AvgIpc) is 2.58. The van der Waals surface area contributed by atoms with Gasteiger partial charge in [0.25, 0.3) is 5.56 Å². The van der Waals surface area contributed by atoms with Gasteiger partial charge in [-0.05, 0) is 30.0 Å². The summed E-state index contributed by atoms with van der Waals surface area (Å²) in [4.78, 5) is 13.4. The first-order valence-electron chi connectivity index (χ1n) is 7.76. The molecular weight excluding hydrogens is 344 g/mol. The molecule has 7 heteroatoms. The normalized spacial score (nSPS) is 11.8. The van der Waals surface area contributed by atoms with Gasteiger partial charge in [-0.15, -0.1) is 11.8 Å². The van der Waals surface area contributed by atoms with Crippen molar-refractivity contribution in [1.29, 1.82) is 0 Å². The first-order chi connectivity index (χ1) is 11.4. The maximum Gasteiger partial charge on any atom is 0.250 e. The van der Waals surface area contributed by atoms with Gasteiger partial charge >= 0.3 is 0 Å². The van der Waals surface area contributed by atoms with Crippen molar-refractivity contribution >= 4 is 21.8 Å². The van der Waals surface area contributed by atoms with Gasteiger partial charge in [0.2, 0.25) is 10.0 Å². The SMILES string of the molecule is CCN(CC)S(=O)(=O)c1ccc(=O)n(Cc2ccc(SC)cc2)c1. The zero-order valence-electron chi connectivity index (χ0n) is 14.1. The summed E-state index contributed by atoms with van der Waals surface area (Å²) in [6, 6.07) is 10.6. The first-order valence-corrected chi connectivity index (χ1v) is 10.4. The molecule has 0 spiro atoms. The van der Waals surface area contributed by atoms with Crippen LogP contribution in [0.4, 0.5) is 0 Å². The number of pyridine rings is 1.